The quantitative estimate of drug-likeness (QED) is 0.892. The lowest BCUT2D eigenvalue weighted by Crippen LogP contribution is -2.55. The smallest absolute Gasteiger partial charge is 0.237 e. The van der Waals surface area contributed by atoms with Gasteiger partial charge in [0.1, 0.15) is 0 Å². The van der Waals surface area contributed by atoms with E-state index in [9.17, 15) is 4.79 Å². The van der Waals surface area contributed by atoms with Crippen molar-refractivity contribution >= 4 is 11.6 Å². The molecule has 4 nitrogen and oxygen atoms in total. The summed E-state index contributed by atoms with van der Waals surface area (Å²) in [4.78, 5) is 14.4. The number of nitrogens with zero attached hydrogens (tertiary/aromatic N) is 1. The zero-order valence-corrected chi connectivity index (χ0v) is 13.6. The van der Waals surface area contributed by atoms with Crippen LogP contribution < -0.4 is 15.5 Å². The van der Waals surface area contributed by atoms with Crippen molar-refractivity contribution in [1.82, 2.24) is 10.6 Å². The van der Waals surface area contributed by atoms with Crippen LogP contribution in [0.4, 0.5) is 5.69 Å². The SMILES string of the molecule is CN(C)c1ccc(CNC(=O)C2NCCCC2(C)C)cc1. The van der Waals surface area contributed by atoms with Crippen molar-refractivity contribution in [3.05, 3.63) is 29.8 Å². The van der Waals surface area contributed by atoms with Crippen LogP contribution in [0, 0.1) is 5.41 Å². The number of anilines is 1. The molecule has 1 amide bonds. The molecule has 1 fully saturated rings. The molecule has 2 rings (SSSR count). The zero-order valence-electron chi connectivity index (χ0n) is 13.6. The van der Waals surface area contributed by atoms with Gasteiger partial charge >= 0.3 is 0 Å². The Labute approximate surface area is 127 Å². The molecule has 4 heteroatoms. The molecule has 1 aliphatic rings. The molecule has 1 saturated heterocycles. The molecule has 1 aromatic rings. The number of hydrogen-bond acceptors (Lipinski definition) is 3. The molecule has 1 aromatic carbocycles. The highest BCUT2D eigenvalue weighted by Gasteiger charge is 2.36. The summed E-state index contributed by atoms with van der Waals surface area (Å²) in [6.07, 6.45) is 2.23. The summed E-state index contributed by atoms with van der Waals surface area (Å²) in [7, 11) is 4.04. The van der Waals surface area contributed by atoms with E-state index in [1.54, 1.807) is 0 Å². The minimum Gasteiger partial charge on any atom is -0.378 e. The van der Waals surface area contributed by atoms with Crippen LogP contribution in [0.15, 0.2) is 24.3 Å². The molecule has 116 valence electrons. The van der Waals surface area contributed by atoms with Crippen LogP contribution in [-0.2, 0) is 11.3 Å². The Kier molecular flexibility index (Phi) is 4.88. The summed E-state index contributed by atoms with van der Waals surface area (Å²) < 4.78 is 0. The van der Waals surface area contributed by atoms with E-state index in [1.807, 2.05) is 14.1 Å². The minimum absolute atomic E-state index is 0.0249. The maximum atomic E-state index is 12.4. The standard InChI is InChI=1S/C17H27N3O/c1-17(2)10-5-11-18-15(17)16(21)19-12-13-6-8-14(9-7-13)20(3)4/h6-9,15,18H,5,10-12H2,1-4H3,(H,19,21). The number of hydrogen-bond donors (Lipinski definition) is 2. The Morgan fingerprint density at radius 1 is 1.33 bits per heavy atom. The van der Waals surface area contributed by atoms with Crippen LogP contribution in [0.1, 0.15) is 32.3 Å². The Morgan fingerprint density at radius 3 is 2.57 bits per heavy atom. The van der Waals surface area contributed by atoms with Crippen LogP contribution >= 0.6 is 0 Å². The average molecular weight is 289 g/mol. The Bertz CT molecular complexity index is 479. The van der Waals surface area contributed by atoms with E-state index in [0.29, 0.717) is 6.54 Å². The molecular weight excluding hydrogens is 262 g/mol. The van der Waals surface area contributed by atoms with E-state index in [0.717, 1.165) is 24.9 Å². The highest BCUT2D eigenvalue weighted by atomic mass is 16.2. The summed E-state index contributed by atoms with van der Waals surface area (Å²) in [6.45, 7) is 5.84. The molecule has 0 bridgehead atoms. The van der Waals surface area contributed by atoms with E-state index >= 15 is 0 Å². The van der Waals surface area contributed by atoms with Gasteiger partial charge in [-0.3, -0.25) is 4.79 Å². The predicted octanol–water partition coefficient (Wildman–Crippen LogP) is 2.15. The van der Waals surface area contributed by atoms with Gasteiger partial charge in [-0.2, -0.15) is 0 Å². The van der Waals surface area contributed by atoms with Gasteiger partial charge in [0.25, 0.3) is 0 Å². The first-order valence-corrected chi connectivity index (χ1v) is 7.67. The second kappa shape index (κ2) is 6.48. The number of carbonyl (C=O) groups excluding carboxylic acids is 1. The minimum atomic E-state index is -0.0905. The van der Waals surface area contributed by atoms with Crippen molar-refractivity contribution in [3.63, 3.8) is 0 Å². The highest BCUT2D eigenvalue weighted by Crippen LogP contribution is 2.30. The normalized spacial score (nSPS) is 20.9. The van der Waals surface area contributed by atoms with Crippen LogP contribution in [0.2, 0.25) is 0 Å². The average Bonchev–Trinajstić information content (AvgIpc) is 2.44. The van der Waals surface area contributed by atoms with Gasteiger partial charge in [0.2, 0.25) is 5.91 Å². The van der Waals surface area contributed by atoms with Gasteiger partial charge in [0.15, 0.2) is 0 Å². The summed E-state index contributed by atoms with van der Waals surface area (Å²) in [5.74, 6) is 0.108. The van der Waals surface area contributed by atoms with Crippen molar-refractivity contribution in [3.8, 4) is 0 Å². The summed E-state index contributed by atoms with van der Waals surface area (Å²) >= 11 is 0. The van der Waals surface area contributed by atoms with E-state index in [-0.39, 0.29) is 17.4 Å². The first kappa shape index (κ1) is 15.8. The van der Waals surface area contributed by atoms with Gasteiger partial charge in [0, 0.05) is 26.3 Å². The van der Waals surface area contributed by atoms with Gasteiger partial charge in [-0.1, -0.05) is 26.0 Å². The van der Waals surface area contributed by atoms with Gasteiger partial charge in [0.05, 0.1) is 6.04 Å². The lowest BCUT2D eigenvalue weighted by molar-refractivity contribution is -0.126. The van der Waals surface area contributed by atoms with Crippen LogP contribution in [-0.4, -0.2) is 32.6 Å². The number of amides is 1. The van der Waals surface area contributed by atoms with Gasteiger partial charge < -0.3 is 15.5 Å². The number of nitrogens with one attached hydrogen (secondary N) is 2. The van der Waals surface area contributed by atoms with E-state index in [1.165, 1.54) is 5.69 Å². The second-order valence-electron chi connectivity index (χ2n) is 6.76. The third kappa shape index (κ3) is 3.97. The highest BCUT2D eigenvalue weighted by molar-refractivity contribution is 5.82. The molecule has 0 saturated carbocycles. The molecule has 0 aromatic heterocycles. The van der Waals surface area contributed by atoms with Crippen molar-refractivity contribution in [2.75, 3.05) is 25.5 Å². The van der Waals surface area contributed by atoms with E-state index in [4.69, 9.17) is 0 Å². The van der Waals surface area contributed by atoms with E-state index in [2.05, 4.69) is 53.6 Å². The molecule has 1 aliphatic heterocycles. The third-order valence-corrected chi connectivity index (χ3v) is 4.31. The fourth-order valence-corrected chi connectivity index (χ4v) is 2.86. The predicted molar refractivity (Wildman–Crippen MR) is 87.4 cm³/mol. The fourth-order valence-electron chi connectivity index (χ4n) is 2.86. The molecule has 0 aliphatic carbocycles. The topological polar surface area (TPSA) is 44.4 Å². The van der Waals surface area contributed by atoms with Crippen LogP contribution in [0.25, 0.3) is 0 Å². The maximum absolute atomic E-state index is 12.4. The molecule has 0 radical (unpaired) electrons. The molecule has 1 unspecified atom stereocenters. The number of piperidine rings is 1. The summed E-state index contributed by atoms with van der Waals surface area (Å²) in [5, 5.41) is 6.41. The number of carbonyl (C=O) groups is 1. The molecule has 21 heavy (non-hydrogen) atoms. The number of rotatable bonds is 4. The lowest BCUT2D eigenvalue weighted by atomic mass is 9.77. The first-order chi connectivity index (χ1) is 9.90. The zero-order chi connectivity index (χ0) is 15.5. The lowest BCUT2D eigenvalue weighted by Gasteiger charge is -2.38. The van der Waals surface area contributed by atoms with Gasteiger partial charge in [-0.15, -0.1) is 0 Å². The second-order valence-corrected chi connectivity index (χ2v) is 6.76. The first-order valence-electron chi connectivity index (χ1n) is 7.67. The molecular formula is C17H27N3O. The fraction of sp³-hybridized carbons (Fsp3) is 0.588. The largest absolute Gasteiger partial charge is 0.378 e. The number of benzene rings is 1. The van der Waals surface area contributed by atoms with E-state index < -0.39 is 0 Å². The van der Waals surface area contributed by atoms with Gasteiger partial charge in [-0.05, 0) is 42.5 Å². The van der Waals surface area contributed by atoms with Crippen molar-refractivity contribution < 1.29 is 4.79 Å². The molecule has 2 N–H and O–H groups in total. The Balaban J connectivity index is 1.91. The monoisotopic (exact) mass is 289 g/mol. The van der Waals surface area contributed by atoms with Crippen molar-refractivity contribution in [2.24, 2.45) is 5.41 Å². The molecule has 0 spiro atoms. The Morgan fingerprint density at radius 2 is 2.00 bits per heavy atom. The Hall–Kier alpha value is -1.55. The summed E-state index contributed by atoms with van der Waals surface area (Å²) in [5.41, 5.74) is 2.32. The third-order valence-electron chi connectivity index (χ3n) is 4.31. The molecule has 1 heterocycles. The van der Waals surface area contributed by atoms with Crippen molar-refractivity contribution in [1.29, 1.82) is 0 Å². The van der Waals surface area contributed by atoms with Gasteiger partial charge in [-0.25, -0.2) is 0 Å². The summed E-state index contributed by atoms with van der Waals surface area (Å²) in [6, 6.07) is 8.19. The van der Waals surface area contributed by atoms with Crippen molar-refractivity contribution in [2.45, 2.75) is 39.3 Å². The maximum Gasteiger partial charge on any atom is 0.237 e. The van der Waals surface area contributed by atoms with Crippen LogP contribution in [0.3, 0.4) is 0 Å². The molecule has 1 atom stereocenters. The van der Waals surface area contributed by atoms with Crippen LogP contribution in [0.5, 0.6) is 0 Å².